The molecule has 0 saturated heterocycles. The predicted molar refractivity (Wildman–Crippen MR) is 83.8 cm³/mol. The molecule has 1 N–H and O–H groups in total. The van der Waals surface area contributed by atoms with Crippen molar-refractivity contribution in [2.24, 2.45) is 0 Å². The Morgan fingerprint density at radius 3 is 2.70 bits per heavy atom. The minimum atomic E-state index is 0.100. The third kappa shape index (κ3) is 4.69. The summed E-state index contributed by atoms with van der Waals surface area (Å²) in [6, 6.07) is 9.81. The van der Waals surface area contributed by atoms with Gasteiger partial charge in [-0.05, 0) is 54.9 Å². The zero-order valence-electron chi connectivity index (χ0n) is 12.1. The number of nitrogens with one attached hydrogen (secondary N) is 1. The highest BCUT2D eigenvalue weighted by Gasteiger charge is 2.10. The van der Waals surface area contributed by atoms with Crippen molar-refractivity contribution in [2.45, 2.75) is 39.5 Å². The number of hydrogen-bond acceptors (Lipinski definition) is 3. The fourth-order valence-corrected chi connectivity index (χ4v) is 2.07. The number of para-hydroxylation sites is 1. The van der Waals surface area contributed by atoms with Gasteiger partial charge in [0.15, 0.2) is 0 Å². The molecule has 3 nitrogen and oxygen atoms in total. The van der Waals surface area contributed by atoms with Crippen LogP contribution in [0.25, 0.3) is 0 Å². The van der Waals surface area contributed by atoms with E-state index in [-0.39, 0.29) is 5.54 Å². The van der Waals surface area contributed by atoms with Crippen molar-refractivity contribution in [1.29, 1.82) is 0 Å². The average Bonchev–Trinajstić information content (AvgIpc) is 2.83. The van der Waals surface area contributed by atoms with Crippen molar-refractivity contribution in [3.05, 3.63) is 52.4 Å². The minimum Gasteiger partial charge on any atom is -0.484 e. The van der Waals surface area contributed by atoms with Crippen LogP contribution in [0.3, 0.4) is 0 Å². The van der Waals surface area contributed by atoms with E-state index in [2.05, 4.69) is 42.0 Å². The molecule has 2 rings (SSSR count). The summed E-state index contributed by atoms with van der Waals surface area (Å²) in [4.78, 5) is 0. The molecule has 0 radical (unpaired) electrons. The van der Waals surface area contributed by atoms with Crippen molar-refractivity contribution in [3.63, 3.8) is 0 Å². The van der Waals surface area contributed by atoms with Crippen LogP contribution in [-0.4, -0.2) is 5.54 Å². The van der Waals surface area contributed by atoms with E-state index < -0.39 is 0 Å². The molecule has 2 aromatic rings. The van der Waals surface area contributed by atoms with E-state index in [1.165, 1.54) is 0 Å². The van der Waals surface area contributed by atoms with E-state index in [1.54, 1.807) is 6.26 Å². The Balaban J connectivity index is 1.89. The number of furan rings is 1. The number of ether oxygens (including phenoxy) is 1. The van der Waals surface area contributed by atoms with Crippen LogP contribution in [0, 0.1) is 0 Å². The molecular formula is C16H20BrNO2. The second-order valence-electron chi connectivity index (χ2n) is 5.74. The zero-order valence-corrected chi connectivity index (χ0v) is 13.7. The highest BCUT2D eigenvalue weighted by atomic mass is 79.9. The van der Waals surface area contributed by atoms with Crippen LogP contribution < -0.4 is 10.1 Å². The molecule has 0 aliphatic heterocycles. The van der Waals surface area contributed by atoms with Gasteiger partial charge < -0.3 is 14.5 Å². The highest BCUT2D eigenvalue weighted by molar-refractivity contribution is 9.10. The van der Waals surface area contributed by atoms with E-state index in [9.17, 15) is 0 Å². The Bertz CT molecular complexity index is 558. The van der Waals surface area contributed by atoms with Crippen molar-refractivity contribution in [1.82, 2.24) is 5.32 Å². The molecule has 0 aliphatic carbocycles. The van der Waals surface area contributed by atoms with E-state index in [0.717, 1.165) is 28.1 Å². The predicted octanol–water partition coefficient (Wildman–Crippen LogP) is 4.51. The summed E-state index contributed by atoms with van der Waals surface area (Å²) in [5.74, 6) is 1.64. The largest absolute Gasteiger partial charge is 0.484 e. The molecule has 1 aromatic heterocycles. The maximum atomic E-state index is 5.72. The lowest BCUT2D eigenvalue weighted by Gasteiger charge is -2.19. The Hall–Kier alpha value is -1.26. The van der Waals surface area contributed by atoms with Gasteiger partial charge >= 0.3 is 0 Å². The number of hydrogen-bond donors (Lipinski definition) is 1. The molecule has 0 atom stereocenters. The second kappa shape index (κ2) is 6.46. The fraction of sp³-hybridized carbons (Fsp3) is 0.375. The molecule has 0 fully saturated rings. The average molecular weight is 338 g/mol. The monoisotopic (exact) mass is 337 g/mol. The van der Waals surface area contributed by atoms with Crippen LogP contribution in [0.4, 0.5) is 0 Å². The van der Waals surface area contributed by atoms with Gasteiger partial charge in [-0.1, -0.05) is 12.1 Å². The molecule has 20 heavy (non-hydrogen) atoms. The van der Waals surface area contributed by atoms with Crippen LogP contribution in [0.5, 0.6) is 5.75 Å². The molecule has 108 valence electrons. The van der Waals surface area contributed by atoms with Gasteiger partial charge in [-0.15, -0.1) is 0 Å². The lowest BCUT2D eigenvalue weighted by Crippen LogP contribution is -2.34. The van der Waals surface area contributed by atoms with E-state index in [1.807, 2.05) is 30.3 Å². The number of benzene rings is 1. The summed E-state index contributed by atoms with van der Waals surface area (Å²) in [6.45, 7) is 7.65. The van der Waals surface area contributed by atoms with Gasteiger partial charge in [0.05, 0.1) is 10.7 Å². The Morgan fingerprint density at radius 2 is 2.00 bits per heavy atom. The van der Waals surface area contributed by atoms with Crippen LogP contribution in [0.2, 0.25) is 0 Å². The molecule has 0 aliphatic rings. The second-order valence-corrected chi connectivity index (χ2v) is 6.60. The van der Waals surface area contributed by atoms with Crippen LogP contribution >= 0.6 is 15.9 Å². The summed E-state index contributed by atoms with van der Waals surface area (Å²) in [5.41, 5.74) is 1.23. The molecule has 0 amide bonds. The third-order valence-corrected chi connectivity index (χ3v) is 3.39. The Kier molecular flexibility index (Phi) is 4.89. The first-order valence-electron chi connectivity index (χ1n) is 6.63. The zero-order chi connectivity index (χ0) is 14.6. The quantitative estimate of drug-likeness (QED) is 0.871. The summed E-state index contributed by atoms with van der Waals surface area (Å²) in [6.07, 6.45) is 1.78. The maximum absolute atomic E-state index is 5.72. The van der Waals surface area contributed by atoms with Crippen molar-refractivity contribution in [3.8, 4) is 5.75 Å². The molecule has 0 bridgehead atoms. The molecule has 4 heteroatoms. The first kappa shape index (κ1) is 15.1. The fourth-order valence-electron chi connectivity index (χ4n) is 1.67. The van der Waals surface area contributed by atoms with Gasteiger partial charge in [-0.2, -0.15) is 0 Å². The molecule has 0 spiro atoms. The first-order chi connectivity index (χ1) is 9.44. The highest BCUT2D eigenvalue weighted by Crippen LogP contribution is 2.25. The Labute approximate surface area is 128 Å². The lowest BCUT2D eigenvalue weighted by molar-refractivity contribution is 0.269. The smallest absolute Gasteiger partial charge is 0.146 e. The molecular weight excluding hydrogens is 318 g/mol. The van der Waals surface area contributed by atoms with Gasteiger partial charge in [-0.3, -0.25) is 0 Å². The van der Waals surface area contributed by atoms with Crippen LogP contribution in [0.15, 0.2) is 45.5 Å². The summed E-state index contributed by atoms with van der Waals surface area (Å²) < 4.78 is 12.2. The van der Waals surface area contributed by atoms with E-state index in [4.69, 9.17) is 9.15 Å². The molecule has 1 heterocycles. The van der Waals surface area contributed by atoms with Gasteiger partial charge in [0.25, 0.3) is 0 Å². The molecule has 1 aromatic carbocycles. The van der Waals surface area contributed by atoms with Crippen molar-refractivity contribution in [2.75, 3.05) is 0 Å². The lowest BCUT2D eigenvalue weighted by atomic mass is 10.1. The topological polar surface area (TPSA) is 34.4 Å². The number of rotatable bonds is 5. The van der Waals surface area contributed by atoms with Crippen molar-refractivity contribution >= 4 is 15.9 Å². The SMILES string of the molecule is CC(C)(C)NCc1coc(COc2ccccc2Br)c1. The number of halogens is 1. The van der Waals surface area contributed by atoms with E-state index >= 15 is 0 Å². The van der Waals surface area contributed by atoms with Crippen LogP contribution in [0.1, 0.15) is 32.1 Å². The molecule has 0 saturated carbocycles. The minimum absolute atomic E-state index is 0.100. The standard InChI is InChI=1S/C16H20BrNO2/c1-16(2,3)18-9-12-8-13(19-10-12)11-20-15-7-5-4-6-14(15)17/h4-8,10,18H,9,11H2,1-3H3. The summed E-state index contributed by atoms with van der Waals surface area (Å²) in [5, 5.41) is 3.43. The van der Waals surface area contributed by atoms with E-state index in [0.29, 0.717) is 6.61 Å². The molecule has 0 unspecified atom stereocenters. The first-order valence-corrected chi connectivity index (χ1v) is 7.42. The van der Waals surface area contributed by atoms with Gasteiger partial charge in [0.2, 0.25) is 0 Å². The van der Waals surface area contributed by atoms with Crippen LogP contribution in [-0.2, 0) is 13.2 Å². The van der Waals surface area contributed by atoms with Crippen molar-refractivity contribution < 1.29 is 9.15 Å². The normalized spacial score (nSPS) is 11.6. The van der Waals surface area contributed by atoms with Gasteiger partial charge in [0.1, 0.15) is 18.1 Å². The summed E-state index contributed by atoms with van der Waals surface area (Å²) >= 11 is 3.46. The maximum Gasteiger partial charge on any atom is 0.146 e. The van der Waals surface area contributed by atoms with Gasteiger partial charge in [-0.25, -0.2) is 0 Å². The summed E-state index contributed by atoms with van der Waals surface area (Å²) in [7, 11) is 0. The third-order valence-electron chi connectivity index (χ3n) is 2.74. The van der Waals surface area contributed by atoms with Gasteiger partial charge in [0, 0.05) is 17.6 Å². The Morgan fingerprint density at radius 1 is 1.25 bits per heavy atom.